The van der Waals surface area contributed by atoms with Gasteiger partial charge in [0.25, 0.3) is 0 Å². The topological polar surface area (TPSA) is 42.2 Å². The molecule has 5 heteroatoms. The monoisotopic (exact) mass is 239 g/mol. The van der Waals surface area contributed by atoms with Crippen LogP contribution in [0.3, 0.4) is 0 Å². The molecule has 0 atom stereocenters. The van der Waals surface area contributed by atoms with Crippen molar-refractivity contribution in [3.05, 3.63) is 10.4 Å². The van der Waals surface area contributed by atoms with E-state index in [1.807, 2.05) is 11.3 Å². The number of hydrogen-bond donors (Lipinski definition) is 1. The number of hydrogen-bond acceptors (Lipinski definition) is 5. The van der Waals surface area contributed by atoms with E-state index in [-0.39, 0.29) is 0 Å². The summed E-state index contributed by atoms with van der Waals surface area (Å²) >= 11 is 3.46. The normalized spacial score (nSPS) is 17.9. The van der Waals surface area contributed by atoms with Crippen LogP contribution in [-0.4, -0.2) is 23.5 Å². The van der Waals surface area contributed by atoms with Gasteiger partial charge < -0.3 is 10.6 Å². The molecule has 1 aliphatic heterocycles. The molecular weight excluding hydrogens is 226 g/mol. The lowest BCUT2D eigenvalue weighted by Gasteiger charge is -2.11. The third-order valence-corrected chi connectivity index (χ3v) is 5.01. The Morgan fingerprint density at radius 3 is 3.13 bits per heavy atom. The summed E-state index contributed by atoms with van der Waals surface area (Å²) in [7, 11) is 2.19. The number of anilines is 1. The Kier molecular flexibility index (Phi) is 2.19. The lowest BCUT2D eigenvalue weighted by atomic mass is 10.1. The molecule has 0 fully saturated rings. The number of aromatic nitrogens is 1. The summed E-state index contributed by atoms with van der Waals surface area (Å²) in [5.74, 6) is 0. The first-order chi connectivity index (χ1) is 7.24. The molecule has 0 aromatic carbocycles. The molecule has 0 amide bonds. The Labute approximate surface area is 96.5 Å². The minimum atomic E-state index is 0.705. The summed E-state index contributed by atoms with van der Waals surface area (Å²) < 4.78 is 1.34. The molecule has 2 aromatic rings. The first kappa shape index (κ1) is 9.57. The van der Waals surface area contributed by atoms with E-state index in [2.05, 4.69) is 16.9 Å². The van der Waals surface area contributed by atoms with Gasteiger partial charge in [-0.15, -0.1) is 11.3 Å². The van der Waals surface area contributed by atoms with E-state index < -0.39 is 0 Å². The fraction of sp³-hybridized carbons (Fsp3) is 0.500. The first-order valence-electron chi connectivity index (χ1n) is 5.09. The van der Waals surface area contributed by atoms with E-state index in [9.17, 15) is 0 Å². The zero-order valence-corrected chi connectivity index (χ0v) is 10.2. The average Bonchev–Trinajstić information content (AvgIpc) is 2.58. The molecule has 0 saturated carbocycles. The van der Waals surface area contributed by atoms with Crippen molar-refractivity contribution in [1.82, 2.24) is 9.88 Å². The molecule has 1 aliphatic rings. The standard InChI is InChI=1S/C10H13N3S2/c1-13-4-2-3-6-7(5-13)14-9-8(6)15-10(11)12-9/h2-5H2,1H3,(H2,11,12). The largest absolute Gasteiger partial charge is 0.375 e. The molecule has 3 nitrogen and oxygen atoms in total. The van der Waals surface area contributed by atoms with Gasteiger partial charge in [-0.25, -0.2) is 4.98 Å². The number of nitrogens with zero attached hydrogens (tertiary/aromatic N) is 2. The lowest BCUT2D eigenvalue weighted by molar-refractivity contribution is 0.334. The van der Waals surface area contributed by atoms with Crippen molar-refractivity contribution in [2.24, 2.45) is 0 Å². The predicted molar refractivity (Wildman–Crippen MR) is 66.6 cm³/mol. The maximum atomic E-state index is 5.74. The van der Waals surface area contributed by atoms with Crippen molar-refractivity contribution in [1.29, 1.82) is 0 Å². The summed E-state index contributed by atoms with van der Waals surface area (Å²) in [6.07, 6.45) is 2.43. The lowest BCUT2D eigenvalue weighted by Crippen LogP contribution is -2.16. The highest BCUT2D eigenvalue weighted by atomic mass is 32.1. The van der Waals surface area contributed by atoms with Crippen LogP contribution < -0.4 is 5.73 Å². The highest BCUT2D eigenvalue weighted by Crippen LogP contribution is 2.38. The van der Waals surface area contributed by atoms with Crippen LogP contribution in [0.4, 0.5) is 5.13 Å². The van der Waals surface area contributed by atoms with Gasteiger partial charge in [-0.3, -0.25) is 0 Å². The molecule has 2 aromatic heterocycles. The van der Waals surface area contributed by atoms with Crippen LogP contribution in [0.1, 0.15) is 16.9 Å². The van der Waals surface area contributed by atoms with Gasteiger partial charge in [-0.1, -0.05) is 11.3 Å². The zero-order chi connectivity index (χ0) is 10.4. The number of fused-ring (bicyclic) bond motifs is 3. The van der Waals surface area contributed by atoms with Crippen LogP contribution in [0.25, 0.3) is 9.53 Å². The summed E-state index contributed by atoms with van der Waals surface area (Å²) in [5.41, 5.74) is 7.25. The number of aryl methyl sites for hydroxylation is 1. The van der Waals surface area contributed by atoms with Gasteiger partial charge in [0.15, 0.2) is 5.13 Å². The molecule has 80 valence electrons. The molecule has 0 unspecified atom stereocenters. The molecule has 0 aliphatic carbocycles. The average molecular weight is 239 g/mol. The Balaban J connectivity index is 2.16. The van der Waals surface area contributed by atoms with Crippen LogP contribution >= 0.6 is 22.7 Å². The van der Waals surface area contributed by atoms with Gasteiger partial charge in [-0.2, -0.15) is 0 Å². The molecule has 3 heterocycles. The highest BCUT2D eigenvalue weighted by Gasteiger charge is 2.19. The van der Waals surface area contributed by atoms with Crippen molar-refractivity contribution in [3.63, 3.8) is 0 Å². The van der Waals surface area contributed by atoms with Crippen LogP contribution in [0, 0.1) is 0 Å². The minimum absolute atomic E-state index is 0.705. The number of nitrogens with two attached hydrogens (primary N) is 1. The van der Waals surface area contributed by atoms with Gasteiger partial charge in [0.05, 0.1) is 4.70 Å². The Morgan fingerprint density at radius 1 is 1.40 bits per heavy atom. The second-order valence-corrected chi connectivity index (χ2v) is 6.15. The van der Waals surface area contributed by atoms with E-state index in [4.69, 9.17) is 5.73 Å². The molecule has 0 saturated heterocycles. The van der Waals surface area contributed by atoms with E-state index >= 15 is 0 Å². The summed E-state index contributed by atoms with van der Waals surface area (Å²) in [6, 6.07) is 0. The van der Waals surface area contributed by atoms with Crippen molar-refractivity contribution < 1.29 is 0 Å². The quantitative estimate of drug-likeness (QED) is 0.767. The van der Waals surface area contributed by atoms with Gasteiger partial charge in [0.2, 0.25) is 0 Å². The van der Waals surface area contributed by atoms with Gasteiger partial charge in [0.1, 0.15) is 4.83 Å². The minimum Gasteiger partial charge on any atom is -0.375 e. The molecular formula is C10H13N3S2. The first-order valence-corrected chi connectivity index (χ1v) is 6.72. The fourth-order valence-corrected chi connectivity index (χ4v) is 4.52. The van der Waals surface area contributed by atoms with Crippen molar-refractivity contribution in [2.75, 3.05) is 19.3 Å². The van der Waals surface area contributed by atoms with Gasteiger partial charge in [0, 0.05) is 11.4 Å². The van der Waals surface area contributed by atoms with Crippen LogP contribution in [0.15, 0.2) is 0 Å². The second-order valence-electron chi connectivity index (χ2n) is 4.03. The molecule has 2 N–H and O–H groups in total. The van der Waals surface area contributed by atoms with E-state index in [0.29, 0.717) is 5.13 Å². The molecule has 0 bridgehead atoms. The Morgan fingerprint density at radius 2 is 2.27 bits per heavy atom. The van der Waals surface area contributed by atoms with Crippen molar-refractivity contribution in [2.45, 2.75) is 19.4 Å². The van der Waals surface area contributed by atoms with Crippen LogP contribution in [0.2, 0.25) is 0 Å². The molecule has 0 radical (unpaired) electrons. The fourth-order valence-electron chi connectivity index (χ4n) is 2.12. The Bertz CT molecular complexity index is 500. The smallest absolute Gasteiger partial charge is 0.181 e. The molecule has 15 heavy (non-hydrogen) atoms. The van der Waals surface area contributed by atoms with Gasteiger partial charge >= 0.3 is 0 Å². The highest BCUT2D eigenvalue weighted by molar-refractivity contribution is 7.29. The third-order valence-electron chi connectivity index (χ3n) is 2.82. The number of thiophene rings is 1. The number of thiazole rings is 1. The summed E-state index contributed by atoms with van der Waals surface area (Å²) in [6.45, 7) is 2.26. The molecule has 3 rings (SSSR count). The second kappa shape index (κ2) is 3.43. The van der Waals surface area contributed by atoms with Crippen LogP contribution in [0.5, 0.6) is 0 Å². The number of nitrogen functional groups attached to an aromatic ring is 1. The van der Waals surface area contributed by atoms with E-state index in [0.717, 1.165) is 11.4 Å². The maximum absolute atomic E-state index is 5.74. The van der Waals surface area contributed by atoms with Crippen molar-refractivity contribution >= 4 is 37.3 Å². The predicted octanol–water partition coefficient (Wildman–Crippen LogP) is 2.32. The summed E-state index contributed by atoms with van der Waals surface area (Å²) in [5, 5.41) is 0.705. The zero-order valence-electron chi connectivity index (χ0n) is 8.62. The number of rotatable bonds is 0. The van der Waals surface area contributed by atoms with Crippen LogP contribution in [-0.2, 0) is 13.0 Å². The van der Waals surface area contributed by atoms with E-state index in [1.165, 1.54) is 34.5 Å². The third kappa shape index (κ3) is 1.55. The SMILES string of the molecule is CN1CCCc2c(sc3nc(N)sc23)C1. The summed E-state index contributed by atoms with van der Waals surface area (Å²) in [4.78, 5) is 9.38. The van der Waals surface area contributed by atoms with Crippen molar-refractivity contribution in [3.8, 4) is 0 Å². The Hall–Kier alpha value is -0.650. The van der Waals surface area contributed by atoms with E-state index in [1.54, 1.807) is 11.3 Å². The molecule has 0 spiro atoms. The maximum Gasteiger partial charge on any atom is 0.181 e. The van der Waals surface area contributed by atoms with Gasteiger partial charge in [-0.05, 0) is 32.0 Å².